The third-order valence-electron chi connectivity index (χ3n) is 3.52. The number of aromatic nitrogens is 2. The first kappa shape index (κ1) is 16.9. The van der Waals surface area contributed by atoms with Crippen molar-refractivity contribution in [3.8, 4) is 0 Å². The molecule has 0 spiro atoms. The van der Waals surface area contributed by atoms with E-state index in [2.05, 4.69) is 36.1 Å². The van der Waals surface area contributed by atoms with Gasteiger partial charge in [-0.2, -0.15) is 0 Å². The van der Waals surface area contributed by atoms with E-state index in [4.69, 9.17) is 4.74 Å². The average Bonchev–Trinajstić information content (AvgIpc) is 2.44. The maximum Gasteiger partial charge on any atom is 0.251 e. The van der Waals surface area contributed by atoms with E-state index in [0.29, 0.717) is 19.0 Å². The molecule has 0 aliphatic rings. The zero-order chi connectivity index (χ0) is 15.0. The lowest BCUT2D eigenvalue weighted by Crippen LogP contribution is -2.34. The summed E-state index contributed by atoms with van der Waals surface area (Å²) in [5, 5.41) is 3.27. The summed E-state index contributed by atoms with van der Waals surface area (Å²) in [6, 6.07) is 1.55. The molecule has 0 saturated heterocycles. The number of H-pyrrole nitrogens is 1. The van der Waals surface area contributed by atoms with Crippen molar-refractivity contribution < 1.29 is 4.74 Å². The second-order valence-corrected chi connectivity index (χ2v) is 4.90. The highest BCUT2D eigenvalue weighted by atomic mass is 16.5. The molecule has 1 aromatic heterocycles. The maximum absolute atomic E-state index is 11.8. The van der Waals surface area contributed by atoms with Crippen molar-refractivity contribution in [2.75, 3.05) is 13.2 Å². The van der Waals surface area contributed by atoms with E-state index in [1.54, 1.807) is 6.07 Å². The van der Waals surface area contributed by atoms with Gasteiger partial charge in [-0.15, -0.1) is 0 Å². The summed E-state index contributed by atoms with van der Waals surface area (Å²) < 4.78 is 5.90. The van der Waals surface area contributed by atoms with Crippen LogP contribution in [0, 0.1) is 0 Å². The molecular formula is C15H27N3O2. The monoisotopic (exact) mass is 281 g/mol. The fourth-order valence-corrected chi connectivity index (χ4v) is 2.34. The van der Waals surface area contributed by atoms with Crippen LogP contribution in [0.2, 0.25) is 0 Å². The van der Waals surface area contributed by atoms with Crippen LogP contribution < -0.4 is 10.9 Å². The van der Waals surface area contributed by atoms with Gasteiger partial charge in [0.2, 0.25) is 0 Å². The quantitative estimate of drug-likeness (QED) is 0.682. The normalized spacial score (nSPS) is 11.8. The van der Waals surface area contributed by atoms with E-state index in [0.717, 1.165) is 31.5 Å². The summed E-state index contributed by atoms with van der Waals surface area (Å²) in [4.78, 5) is 19.3. The third-order valence-corrected chi connectivity index (χ3v) is 3.52. The molecule has 0 radical (unpaired) electrons. The highest BCUT2D eigenvalue weighted by molar-refractivity contribution is 5.09. The van der Waals surface area contributed by atoms with Crippen molar-refractivity contribution >= 4 is 0 Å². The van der Waals surface area contributed by atoms with Gasteiger partial charge in [0.15, 0.2) is 0 Å². The topological polar surface area (TPSA) is 67.0 Å². The van der Waals surface area contributed by atoms with Gasteiger partial charge in [-0.25, -0.2) is 4.98 Å². The first-order valence-corrected chi connectivity index (χ1v) is 7.57. The molecule has 2 N–H and O–H groups in total. The molecule has 5 nitrogen and oxygen atoms in total. The zero-order valence-corrected chi connectivity index (χ0v) is 13.1. The van der Waals surface area contributed by atoms with E-state index in [1.807, 2.05) is 6.92 Å². The van der Waals surface area contributed by atoms with Gasteiger partial charge < -0.3 is 15.0 Å². The van der Waals surface area contributed by atoms with E-state index in [9.17, 15) is 4.79 Å². The van der Waals surface area contributed by atoms with Crippen LogP contribution in [0.15, 0.2) is 10.9 Å². The van der Waals surface area contributed by atoms with Crippen molar-refractivity contribution in [1.82, 2.24) is 15.3 Å². The second-order valence-electron chi connectivity index (χ2n) is 4.90. The van der Waals surface area contributed by atoms with Crippen LogP contribution >= 0.6 is 0 Å². The van der Waals surface area contributed by atoms with Crippen LogP contribution in [0.25, 0.3) is 0 Å². The summed E-state index contributed by atoms with van der Waals surface area (Å²) in [7, 11) is 0. The Hall–Kier alpha value is -1.20. The molecule has 1 aromatic rings. The molecule has 0 bridgehead atoms. The first-order chi connectivity index (χ1) is 9.61. The molecule has 1 heterocycles. The fourth-order valence-electron chi connectivity index (χ4n) is 2.34. The predicted molar refractivity (Wildman–Crippen MR) is 80.7 cm³/mol. The summed E-state index contributed by atoms with van der Waals surface area (Å²) in [5.41, 5.74) is 0.159. The summed E-state index contributed by atoms with van der Waals surface area (Å²) in [6.07, 6.45) is 2.63. The SMILES string of the molecule is CCCNCc1cc(=O)[nH]c(C(CC)(CC)OCC)n1. The van der Waals surface area contributed by atoms with Gasteiger partial charge in [0, 0.05) is 19.2 Å². The molecule has 20 heavy (non-hydrogen) atoms. The van der Waals surface area contributed by atoms with Crippen LogP contribution in [-0.4, -0.2) is 23.1 Å². The number of ether oxygens (including phenoxy) is 1. The second kappa shape index (κ2) is 8.17. The third kappa shape index (κ3) is 4.15. The Labute approximate surface area is 121 Å². The van der Waals surface area contributed by atoms with E-state index in [1.165, 1.54) is 0 Å². The van der Waals surface area contributed by atoms with Crippen LogP contribution in [0.5, 0.6) is 0 Å². The number of hydrogen-bond donors (Lipinski definition) is 2. The van der Waals surface area contributed by atoms with Crippen LogP contribution in [-0.2, 0) is 16.9 Å². The summed E-state index contributed by atoms with van der Waals surface area (Å²) in [5.74, 6) is 0.644. The number of hydrogen-bond acceptors (Lipinski definition) is 4. The molecule has 0 fully saturated rings. The van der Waals surface area contributed by atoms with Gasteiger partial charge in [-0.1, -0.05) is 20.8 Å². The molecular weight excluding hydrogens is 254 g/mol. The van der Waals surface area contributed by atoms with Gasteiger partial charge in [-0.05, 0) is 32.7 Å². The molecule has 0 aromatic carbocycles. The van der Waals surface area contributed by atoms with Gasteiger partial charge in [0.05, 0.1) is 5.69 Å². The van der Waals surface area contributed by atoms with Gasteiger partial charge >= 0.3 is 0 Å². The average molecular weight is 281 g/mol. The molecule has 0 saturated carbocycles. The van der Waals surface area contributed by atoms with E-state index < -0.39 is 5.60 Å². The van der Waals surface area contributed by atoms with Crippen molar-refractivity contribution in [1.29, 1.82) is 0 Å². The van der Waals surface area contributed by atoms with Gasteiger partial charge in [0.25, 0.3) is 5.56 Å². The Morgan fingerprint density at radius 1 is 1.30 bits per heavy atom. The Morgan fingerprint density at radius 2 is 2.00 bits per heavy atom. The Morgan fingerprint density at radius 3 is 2.55 bits per heavy atom. The first-order valence-electron chi connectivity index (χ1n) is 7.57. The molecule has 0 aliphatic heterocycles. The lowest BCUT2D eigenvalue weighted by Gasteiger charge is -2.30. The maximum atomic E-state index is 11.8. The number of rotatable bonds is 9. The highest BCUT2D eigenvalue weighted by Gasteiger charge is 2.32. The van der Waals surface area contributed by atoms with Gasteiger partial charge in [-0.3, -0.25) is 4.79 Å². The minimum atomic E-state index is -0.491. The highest BCUT2D eigenvalue weighted by Crippen LogP contribution is 2.29. The Kier molecular flexibility index (Phi) is 6.88. The zero-order valence-electron chi connectivity index (χ0n) is 13.1. The number of nitrogens with one attached hydrogen (secondary N) is 2. The largest absolute Gasteiger partial charge is 0.367 e. The van der Waals surface area contributed by atoms with E-state index in [-0.39, 0.29) is 5.56 Å². The summed E-state index contributed by atoms with van der Waals surface area (Å²) in [6.45, 7) is 10.3. The fraction of sp³-hybridized carbons (Fsp3) is 0.733. The van der Waals surface area contributed by atoms with Crippen molar-refractivity contribution in [2.24, 2.45) is 0 Å². The predicted octanol–water partition coefficient (Wildman–Crippen LogP) is 2.32. The molecule has 5 heteroatoms. The van der Waals surface area contributed by atoms with Crippen LogP contribution in [0.3, 0.4) is 0 Å². The lowest BCUT2D eigenvalue weighted by molar-refractivity contribution is -0.0574. The Bertz CT molecular complexity index is 453. The smallest absolute Gasteiger partial charge is 0.251 e. The summed E-state index contributed by atoms with van der Waals surface area (Å²) >= 11 is 0. The van der Waals surface area contributed by atoms with Gasteiger partial charge in [0.1, 0.15) is 11.4 Å². The molecule has 0 atom stereocenters. The Balaban J connectivity index is 3.06. The van der Waals surface area contributed by atoms with Crippen LogP contribution in [0.4, 0.5) is 0 Å². The minimum Gasteiger partial charge on any atom is -0.367 e. The van der Waals surface area contributed by atoms with Crippen molar-refractivity contribution in [2.45, 2.75) is 59.1 Å². The van der Waals surface area contributed by atoms with Crippen LogP contribution in [0.1, 0.15) is 58.5 Å². The standard InChI is InChI=1S/C15H27N3O2/c1-5-9-16-11-12-10-13(19)18-14(17-12)15(6-2,7-3)20-8-4/h10,16H,5-9,11H2,1-4H3,(H,17,18,19). The molecule has 1 rings (SSSR count). The molecule has 0 unspecified atom stereocenters. The minimum absolute atomic E-state index is 0.116. The number of aromatic amines is 1. The molecule has 114 valence electrons. The van der Waals surface area contributed by atoms with Crippen molar-refractivity contribution in [3.05, 3.63) is 27.9 Å². The molecule has 0 amide bonds. The number of nitrogens with zero attached hydrogens (tertiary/aromatic N) is 1. The molecule has 0 aliphatic carbocycles. The van der Waals surface area contributed by atoms with Crippen molar-refractivity contribution in [3.63, 3.8) is 0 Å². The lowest BCUT2D eigenvalue weighted by atomic mass is 9.95. The van der Waals surface area contributed by atoms with E-state index >= 15 is 0 Å².